The Labute approximate surface area is 119 Å². The normalized spacial score (nSPS) is 13.0. The van der Waals surface area contributed by atoms with Crippen LogP contribution in [-0.4, -0.2) is 17.0 Å². The van der Waals surface area contributed by atoms with E-state index in [9.17, 15) is 4.79 Å². The number of hydrogen-bond acceptors (Lipinski definition) is 3. The van der Waals surface area contributed by atoms with Gasteiger partial charge in [-0.2, -0.15) is 0 Å². The van der Waals surface area contributed by atoms with Gasteiger partial charge in [-0.25, -0.2) is 0 Å². The third-order valence-corrected chi connectivity index (χ3v) is 3.34. The summed E-state index contributed by atoms with van der Waals surface area (Å²) >= 11 is 0. The van der Waals surface area contributed by atoms with Crippen molar-refractivity contribution in [1.82, 2.24) is 0 Å². The number of unbranched alkanes of at least 4 members (excludes halogenated alkanes) is 1. The van der Waals surface area contributed by atoms with Crippen LogP contribution in [0.4, 0.5) is 5.69 Å². The number of anilines is 1. The highest BCUT2D eigenvalue weighted by molar-refractivity contribution is 6.05. The Balaban J connectivity index is 2.84. The van der Waals surface area contributed by atoms with Crippen molar-refractivity contribution in [2.75, 3.05) is 5.32 Å². The summed E-state index contributed by atoms with van der Waals surface area (Å²) in [6.45, 7) is 4.12. The smallest absolute Gasteiger partial charge is 0.227 e. The molecular weight excluding hydrogens is 254 g/mol. The standard InChI is InChI=1S/C15H23N3O2/c1-3-5-8-11(4-2)15(19)17-13-10-7-6-9-12(13)14(16)18-20/h6-7,9-11,20H,3-5,8H2,1-2H3,(H2,16,18)(H,17,19). The van der Waals surface area contributed by atoms with Gasteiger partial charge in [0.1, 0.15) is 0 Å². The summed E-state index contributed by atoms with van der Waals surface area (Å²) in [4.78, 5) is 12.3. The average Bonchev–Trinajstić information content (AvgIpc) is 2.47. The Hall–Kier alpha value is -2.04. The number of nitrogens with zero attached hydrogens (tertiary/aromatic N) is 1. The summed E-state index contributed by atoms with van der Waals surface area (Å²) in [5.41, 5.74) is 6.70. The van der Waals surface area contributed by atoms with E-state index in [0.29, 0.717) is 11.3 Å². The van der Waals surface area contributed by atoms with Crippen molar-refractivity contribution >= 4 is 17.4 Å². The number of hydrogen-bond donors (Lipinski definition) is 3. The molecule has 4 N–H and O–H groups in total. The van der Waals surface area contributed by atoms with E-state index in [1.807, 2.05) is 6.92 Å². The van der Waals surface area contributed by atoms with Crippen molar-refractivity contribution in [3.8, 4) is 0 Å². The summed E-state index contributed by atoms with van der Waals surface area (Å²) in [6.07, 6.45) is 3.79. The van der Waals surface area contributed by atoms with Gasteiger partial charge in [-0.1, -0.05) is 44.0 Å². The van der Waals surface area contributed by atoms with Crippen LogP contribution in [0.25, 0.3) is 0 Å². The van der Waals surface area contributed by atoms with Crippen molar-refractivity contribution in [1.29, 1.82) is 0 Å². The van der Waals surface area contributed by atoms with E-state index in [0.717, 1.165) is 25.7 Å². The molecule has 1 unspecified atom stereocenters. The lowest BCUT2D eigenvalue weighted by atomic mass is 9.98. The zero-order valence-corrected chi connectivity index (χ0v) is 12.1. The maximum Gasteiger partial charge on any atom is 0.227 e. The van der Waals surface area contributed by atoms with Crippen LogP contribution in [-0.2, 0) is 4.79 Å². The van der Waals surface area contributed by atoms with Gasteiger partial charge in [0, 0.05) is 11.5 Å². The minimum absolute atomic E-state index is 0.00436. The summed E-state index contributed by atoms with van der Waals surface area (Å²) in [7, 11) is 0. The van der Waals surface area contributed by atoms with Crippen LogP contribution in [0.2, 0.25) is 0 Å². The number of amides is 1. The van der Waals surface area contributed by atoms with Crippen LogP contribution in [0.5, 0.6) is 0 Å². The van der Waals surface area contributed by atoms with Crippen molar-refractivity contribution in [2.45, 2.75) is 39.5 Å². The molecule has 1 rings (SSSR count). The molecule has 1 amide bonds. The first-order valence-corrected chi connectivity index (χ1v) is 7.01. The minimum atomic E-state index is -0.0147. The van der Waals surface area contributed by atoms with Crippen molar-refractivity contribution in [3.05, 3.63) is 29.8 Å². The lowest BCUT2D eigenvalue weighted by Crippen LogP contribution is -2.24. The predicted molar refractivity (Wildman–Crippen MR) is 80.9 cm³/mol. The molecule has 0 saturated heterocycles. The summed E-state index contributed by atoms with van der Waals surface area (Å²) < 4.78 is 0. The van der Waals surface area contributed by atoms with E-state index < -0.39 is 0 Å². The van der Waals surface area contributed by atoms with Gasteiger partial charge in [0.15, 0.2) is 5.84 Å². The van der Waals surface area contributed by atoms with Gasteiger partial charge in [-0.15, -0.1) is 0 Å². The van der Waals surface area contributed by atoms with Gasteiger partial charge >= 0.3 is 0 Å². The topological polar surface area (TPSA) is 87.7 Å². The highest BCUT2D eigenvalue weighted by atomic mass is 16.4. The largest absolute Gasteiger partial charge is 0.409 e. The van der Waals surface area contributed by atoms with Gasteiger partial charge in [0.05, 0.1) is 5.69 Å². The Morgan fingerprint density at radius 1 is 1.40 bits per heavy atom. The molecule has 1 aromatic carbocycles. The molecule has 20 heavy (non-hydrogen) atoms. The van der Waals surface area contributed by atoms with E-state index in [2.05, 4.69) is 17.4 Å². The fourth-order valence-corrected chi connectivity index (χ4v) is 2.08. The van der Waals surface area contributed by atoms with Crippen LogP contribution < -0.4 is 11.1 Å². The molecule has 0 aliphatic carbocycles. The summed E-state index contributed by atoms with van der Waals surface area (Å²) in [5, 5.41) is 14.6. The first-order chi connectivity index (χ1) is 9.63. The first kappa shape index (κ1) is 16.0. The zero-order chi connectivity index (χ0) is 15.0. The quantitative estimate of drug-likeness (QED) is 0.310. The number of carbonyl (C=O) groups is 1. The lowest BCUT2D eigenvalue weighted by molar-refractivity contribution is -0.120. The van der Waals surface area contributed by atoms with E-state index in [1.54, 1.807) is 24.3 Å². The molecule has 1 atom stereocenters. The Bertz CT molecular complexity index is 472. The van der Waals surface area contributed by atoms with Gasteiger partial charge in [0.2, 0.25) is 5.91 Å². The predicted octanol–water partition coefficient (Wildman–Crippen LogP) is 2.94. The molecule has 0 saturated carbocycles. The zero-order valence-electron chi connectivity index (χ0n) is 12.1. The van der Waals surface area contributed by atoms with Crippen molar-refractivity contribution < 1.29 is 10.0 Å². The van der Waals surface area contributed by atoms with Crippen LogP contribution in [0.15, 0.2) is 29.4 Å². The van der Waals surface area contributed by atoms with Crippen LogP contribution >= 0.6 is 0 Å². The minimum Gasteiger partial charge on any atom is -0.409 e. The van der Waals surface area contributed by atoms with E-state index in [4.69, 9.17) is 10.9 Å². The highest BCUT2D eigenvalue weighted by Gasteiger charge is 2.17. The summed E-state index contributed by atoms with van der Waals surface area (Å²) in [5.74, 6) is -0.0306. The van der Waals surface area contributed by atoms with Crippen molar-refractivity contribution in [3.63, 3.8) is 0 Å². The number of oxime groups is 1. The Morgan fingerprint density at radius 2 is 2.10 bits per heavy atom. The first-order valence-electron chi connectivity index (χ1n) is 7.01. The average molecular weight is 277 g/mol. The number of amidine groups is 1. The molecule has 0 heterocycles. The van der Waals surface area contributed by atoms with Crippen LogP contribution in [0, 0.1) is 5.92 Å². The van der Waals surface area contributed by atoms with E-state index >= 15 is 0 Å². The summed E-state index contributed by atoms with van der Waals surface area (Å²) in [6, 6.07) is 7.03. The molecule has 0 spiro atoms. The van der Waals surface area contributed by atoms with Gasteiger partial charge < -0.3 is 16.3 Å². The highest BCUT2D eigenvalue weighted by Crippen LogP contribution is 2.19. The second-order valence-corrected chi connectivity index (χ2v) is 4.77. The Morgan fingerprint density at radius 3 is 2.70 bits per heavy atom. The van der Waals surface area contributed by atoms with Gasteiger partial charge in [0.25, 0.3) is 0 Å². The van der Waals surface area contributed by atoms with Gasteiger partial charge in [-0.05, 0) is 25.0 Å². The fraction of sp³-hybridized carbons (Fsp3) is 0.467. The maximum atomic E-state index is 12.3. The van der Waals surface area contributed by atoms with Crippen LogP contribution in [0.3, 0.4) is 0 Å². The Kier molecular flexibility index (Phi) is 6.56. The van der Waals surface area contributed by atoms with Gasteiger partial charge in [-0.3, -0.25) is 4.79 Å². The molecule has 0 aromatic heterocycles. The molecule has 110 valence electrons. The maximum absolute atomic E-state index is 12.3. The number of nitrogens with one attached hydrogen (secondary N) is 1. The number of carbonyl (C=O) groups excluding carboxylic acids is 1. The molecule has 0 aliphatic heterocycles. The molecule has 0 bridgehead atoms. The number of nitrogens with two attached hydrogens (primary N) is 1. The molecule has 5 heteroatoms. The molecule has 1 aromatic rings. The second-order valence-electron chi connectivity index (χ2n) is 4.77. The van der Waals surface area contributed by atoms with Crippen molar-refractivity contribution in [2.24, 2.45) is 16.8 Å². The van der Waals surface area contributed by atoms with Crippen LogP contribution in [0.1, 0.15) is 45.1 Å². The number of rotatable bonds is 7. The lowest BCUT2D eigenvalue weighted by Gasteiger charge is -2.16. The second kappa shape index (κ2) is 8.19. The molecule has 0 fully saturated rings. The third-order valence-electron chi connectivity index (χ3n) is 3.34. The fourth-order valence-electron chi connectivity index (χ4n) is 2.08. The monoisotopic (exact) mass is 277 g/mol. The van der Waals surface area contributed by atoms with E-state index in [1.165, 1.54) is 0 Å². The molecular formula is C15H23N3O2. The molecule has 5 nitrogen and oxygen atoms in total. The molecule has 0 aliphatic rings. The number of para-hydroxylation sites is 1. The molecule has 0 radical (unpaired) electrons. The SMILES string of the molecule is CCCCC(CC)C(=O)Nc1ccccc1/C(N)=N/O. The third kappa shape index (κ3) is 4.26. The number of benzene rings is 1. The van der Waals surface area contributed by atoms with E-state index in [-0.39, 0.29) is 17.7 Å².